The van der Waals surface area contributed by atoms with Crippen molar-refractivity contribution >= 4 is 33.5 Å². The van der Waals surface area contributed by atoms with Gasteiger partial charge in [-0.1, -0.05) is 6.07 Å². The second-order valence-corrected chi connectivity index (χ2v) is 7.53. The molecule has 25 heavy (non-hydrogen) atoms. The first kappa shape index (κ1) is 18.8. The van der Waals surface area contributed by atoms with Crippen molar-refractivity contribution < 1.29 is 22.7 Å². The standard InChI is InChI=1S/C15H22N4O5S/c1-11-4-5-12(17-25(3,22)23)10-13(11)16-14(20)18-6-8-19(9-7-18)15(21)24-2/h4-5,10,17H,6-9H2,1-3H3,(H,16,20). The van der Waals surface area contributed by atoms with E-state index in [-0.39, 0.29) is 6.03 Å². The SMILES string of the molecule is COC(=O)N1CCN(C(=O)Nc2cc(NS(C)(=O)=O)ccc2C)CC1. The molecule has 0 aromatic heterocycles. The predicted octanol–water partition coefficient (Wildman–Crippen LogP) is 1.28. The monoisotopic (exact) mass is 370 g/mol. The molecule has 0 radical (unpaired) electrons. The number of amides is 3. The lowest BCUT2D eigenvalue weighted by Gasteiger charge is -2.33. The van der Waals surface area contributed by atoms with Gasteiger partial charge < -0.3 is 19.9 Å². The van der Waals surface area contributed by atoms with E-state index >= 15 is 0 Å². The lowest BCUT2D eigenvalue weighted by Crippen LogP contribution is -2.51. The zero-order valence-electron chi connectivity index (χ0n) is 14.4. The fraction of sp³-hybridized carbons (Fsp3) is 0.467. The van der Waals surface area contributed by atoms with Gasteiger partial charge in [-0.2, -0.15) is 0 Å². The molecule has 2 rings (SSSR count). The van der Waals surface area contributed by atoms with Crippen LogP contribution < -0.4 is 10.0 Å². The number of anilines is 2. The summed E-state index contributed by atoms with van der Waals surface area (Å²) in [6, 6.07) is 4.61. The van der Waals surface area contributed by atoms with Gasteiger partial charge in [-0.25, -0.2) is 18.0 Å². The quantitative estimate of drug-likeness (QED) is 0.833. The van der Waals surface area contributed by atoms with Gasteiger partial charge in [0.15, 0.2) is 0 Å². The van der Waals surface area contributed by atoms with Crippen molar-refractivity contribution in [1.82, 2.24) is 9.80 Å². The third kappa shape index (κ3) is 5.24. The third-order valence-electron chi connectivity index (χ3n) is 3.78. The average Bonchev–Trinajstić information content (AvgIpc) is 2.56. The minimum Gasteiger partial charge on any atom is -0.453 e. The molecule has 0 unspecified atom stereocenters. The summed E-state index contributed by atoms with van der Waals surface area (Å²) in [6.07, 6.45) is 0.654. The van der Waals surface area contributed by atoms with Crippen LogP contribution >= 0.6 is 0 Å². The molecule has 0 spiro atoms. The van der Waals surface area contributed by atoms with E-state index in [2.05, 4.69) is 14.8 Å². The summed E-state index contributed by atoms with van der Waals surface area (Å²) in [4.78, 5) is 27.0. The number of nitrogens with zero attached hydrogens (tertiary/aromatic N) is 2. The molecule has 138 valence electrons. The Labute approximate surface area is 147 Å². The second-order valence-electron chi connectivity index (χ2n) is 5.78. The molecular formula is C15H22N4O5S. The maximum atomic E-state index is 12.4. The van der Waals surface area contributed by atoms with Gasteiger partial charge in [0.2, 0.25) is 10.0 Å². The van der Waals surface area contributed by atoms with Crippen molar-refractivity contribution in [2.75, 3.05) is 49.6 Å². The van der Waals surface area contributed by atoms with Crippen LogP contribution in [0.15, 0.2) is 18.2 Å². The smallest absolute Gasteiger partial charge is 0.409 e. The largest absolute Gasteiger partial charge is 0.453 e. The van der Waals surface area contributed by atoms with Crippen molar-refractivity contribution in [2.24, 2.45) is 0 Å². The van der Waals surface area contributed by atoms with Gasteiger partial charge >= 0.3 is 12.1 Å². The molecule has 0 saturated carbocycles. The van der Waals surface area contributed by atoms with E-state index in [0.29, 0.717) is 37.6 Å². The van der Waals surface area contributed by atoms with Crippen LogP contribution in [0.4, 0.5) is 21.0 Å². The van der Waals surface area contributed by atoms with Crippen LogP contribution in [0.25, 0.3) is 0 Å². The molecule has 1 aromatic carbocycles. The minimum absolute atomic E-state index is 0.302. The zero-order valence-corrected chi connectivity index (χ0v) is 15.2. The number of nitrogens with one attached hydrogen (secondary N) is 2. The molecule has 10 heteroatoms. The van der Waals surface area contributed by atoms with Crippen LogP contribution in [-0.4, -0.2) is 69.9 Å². The molecule has 0 atom stereocenters. The molecule has 9 nitrogen and oxygen atoms in total. The highest BCUT2D eigenvalue weighted by molar-refractivity contribution is 7.92. The highest BCUT2D eigenvalue weighted by Crippen LogP contribution is 2.21. The van der Waals surface area contributed by atoms with Crippen LogP contribution in [0.2, 0.25) is 0 Å². The Morgan fingerprint density at radius 3 is 2.28 bits per heavy atom. The van der Waals surface area contributed by atoms with E-state index < -0.39 is 16.1 Å². The Morgan fingerprint density at radius 2 is 1.72 bits per heavy atom. The van der Waals surface area contributed by atoms with Gasteiger partial charge in [-0.3, -0.25) is 4.72 Å². The number of aryl methyl sites for hydroxylation is 1. The van der Waals surface area contributed by atoms with Crippen LogP contribution in [0.3, 0.4) is 0 Å². The number of carbonyl (C=O) groups excluding carboxylic acids is 2. The highest BCUT2D eigenvalue weighted by Gasteiger charge is 2.24. The van der Waals surface area contributed by atoms with Crippen LogP contribution in [0.1, 0.15) is 5.56 Å². The lowest BCUT2D eigenvalue weighted by molar-refractivity contribution is 0.0992. The number of sulfonamides is 1. The minimum atomic E-state index is -3.39. The maximum Gasteiger partial charge on any atom is 0.409 e. The summed E-state index contributed by atoms with van der Waals surface area (Å²) in [5, 5.41) is 2.78. The Balaban J connectivity index is 2.01. The van der Waals surface area contributed by atoms with Crippen molar-refractivity contribution in [3.63, 3.8) is 0 Å². The van der Waals surface area contributed by atoms with Crippen molar-refractivity contribution in [1.29, 1.82) is 0 Å². The molecule has 1 aliphatic rings. The number of rotatable bonds is 3. The average molecular weight is 370 g/mol. The lowest BCUT2D eigenvalue weighted by atomic mass is 10.2. The summed E-state index contributed by atoms with van der Waals surface area (Å²) >= 11 is 0. The summed E-state index contributed by atoms with van der Waals surface area (Å²) < 4.78 is 29.7. The van der Waals surface area contributed by atoms with Crippen molar-refractivity contribution in [3.8, 4) is 0 Å². The van der Waals surface area contributed by atoms with Crippen molar-refractivity contribution in [3.05, 3.63) is 23.8 Å². The van der Waals surface area contributed by atoms with Gasteiger partial charge in [-0.15, -0.1) is 0 Å². The van der Waals surface area contributed by atoms with Crippen LogP contribution in [0.5, 0.6) is 0 Å². The summed E-state index contributed by atoms with van der Waals surface area (Å²) in [7, 11) is -2.07. The van der Waals surface area contributed by atoms with Gasteiger partial charge in [0.1, 0.15) is 0 Å². The van der Waals surface area contributed by atoms with Crippen molar-refractivity contribution in [2.45, 2.75) is 6.92 Å². The number of hydrogen-bond acceptors (Lipinski definition) is 5. The Morgan fingerprint density at radius 1 is 1.12 bits per heavy atom. The number of piperazine rings is 1. The topological polar surface area (TPSA) is 108 Å². The van der Waals surface area contributed by atoms with E-state index in [1.54, 1.807) is 23.1 Å². The van der Waals surface area contributed by atoms with E-state index in [0.717, 1.165) is 11.8 Å². The number of urea groups is 1. The first-order valence-electron chi connectivity index (χ1n) is 7.67. The molecule has 1 heterocycles. The summed E-state index contributed by atoms with van der Waals surface area (Å²) in [5.41, 5.74) is 1.70. The predicted molar refractivity (Wildman–Crippen MR) is 94.2 cm³/mol. The molecular weight excluding hydrogens is 348 g/mol. The molecule has 0 aliphatic carbocycles. The fourth-order valence-corrected chi connectivity index (χ4v) is 3.00. The van der Waals surface area contributed by atoms with Gasteiger partial charge in [0.25, 0.3) is 0 Å². The number of carbonyl (C=O) groups is 2. The normalized spacial score (nSPS) is 14.8. The maximum absolute atomic E-state index is 12.4. The second kappa shape index (κ2) is 7.60. The number of benzene rings is 1. The number of ether oxygens (including phenoxy) is 1. The number of hydrogen-bond donors (Lipinski definition) is 2. The number of methoxy groups -OCH3 is 1. The van der Waals surface area contributed by atoms with Gasteiger partial charge in [0, 0.05) is 31.9 Å². The third-order valence-corrected chi connectivity index (χ3v) is 4.39. The molecule has 1 aromatic rings. The van der Waals surface area contributed by atoms with Crippen LogP contribution in [0, 0.1) is 6.92 Å². The highest BCUT2D eigenvalue weighted by atomic mass is 32.2. The van der Waals surface area contributed by atoms with Gasteiger partial charge in [-0.05, 0) is 24.6 Å². The molecule has 2 N–H and O–H groups in total. The molecule has 1 fully saturated rings. The molecule has 0 bridgehead atoms. The Kier molecular flexibility index (Phi) is 5.73. The van der Waals surface area contributed by atoms with Gasteiger partial charge in [0.05, 0.1) is 19.1 Å². The zero-order chi connectivity index (χ0) is 18.6. The Bertz CT molecular complexity index is 757. The fourth-order valence-electron chi connectivity index (χ4n) is 2.45. The molecule has 3 amide bonds. The van der Waals surface area contributed by atoms with E-state index in [4.69, 9.17) is 0 Å². The Hall–Kier alpha value is -2.49. The first-order valence-corrected chi connectivity index (χ1v) is 9.56. The van der Waals surface area contributed by atoms with Crippen LogP contribution in [-0.2, 0) is 14.8 Å². The summed E-state index contributed by atoms with van der Waals surface area (Å²) in [6.45, 7) is 3.39. The van der Waals surface area contributed by atoms with E-state index in [9.17, 15) is 18.0 Å². The van der Waals surface area contributed by atoms with E-state index in [1.807, 2.05) is 6.92 Å². The summed E-state index contributed by atoms with van der Waals surface area (Å²) in [5.74, 6) is 0. The first-order chi connectivity index (χ1) is 11.7. The molecule has 1 saturated heterocycles. The van der Waals surface area contributed by atoms with E-state index in [1.165, 1.54) is 12.0 Å². The molecule has 1 aliphatic heterocycles.